The number of piperidine rings is 1. The van der Waals surface area contributed by atoms with Gasteiger partial charge >= 0.3 is 0 Å². The number of likely N-dealkylation sites (tertiary alicyclic amines) is 1. The van der Waals surface area contributed by atoms with Crippen LogP contribution in [-0.4, -0.2) is 101 Å². The van der Waals surface area contributed by atoms with E-state index in [2.05, 4.69) is 20.3 Å². The summed E-state index contributed by atoms with van der Waals surface area (Å²) in [5.41, 5.74) is 5.17. The van der Waals surface area contributed by atoms with Gasteiger partial charge in [-0.2, -0.15) is 5.10 Å². The number of amides is 3. The van der Waals surface area contributed by atoms with Crippen LogP contribution in [0.2, 0.25) is 0 Å². The van der Waals surface area contributed by atoms with Gasteiger partial charge in [-0.3, -0.25) is 14.4 Å². The number of carbonyl (C=O) groups is 3. The minimum absolute atomic E-state index is 0.0705. The molecule has 0 radical (unpaired) electrons. The van der Waals surface area contributed by atoms with Crippen molar-refractivity contribution in [3.05, 3.63) is 89.4 Å². The number of hydrogen-bond donors (Lipinski definition) is 2. The van der Waals surface area contributed by atoms with Gasteiger partial charge in [-0.05, 0) is 87.3 Å². The first-order valence-electron chi connectivity index (χ1n) is 22.4. The molecular weight excluding hydrogens is 815 g/mol. The number of fused-ring (bicyclic) bond motifs is 2. The van der Waals surface area contributed by atoms with Gasteiger partial charge in [0.2, 0.25) is 18.6 Å². The number of nitrogens with one attached hydrogen (secondary N) is 2. The molecule has 0 bridgehead atoms. The topological polar surface area (TPSA) is 170 Å². The summed E-state index contributed by atoms with van der Waals surface area (Å²) >= 11 is 0. The highest BCUT2D eigenvalue weighted by atomic mass is 16.7. The van der Waals surface area contributed by atoms with E-state index in [4.69, 9.17) is 28.8 Å². The zero-order valence-electron chi connectivity index (χ0n) is 36.5. The number of aryl methyl sites for hydroxylation is 1. The molecule has 15 heteroatoms. The number of H-pyrrole nitrogens is 1. The molecular formula is C49H53N7O8. The Labute approximate surface area is 371 Å². The summed E-state index contributed by atoms with van der Waals surface area (Å²) in [6.45, 7) is 3.28. The molecule has 5 heterocycles. The van der Waals surface area contributed by atoms with Crippen molar-refractivity contribution < 1.29 is 38.1 Å². The maximum atomic E-state index is 14.7. The van der Waals surface area contributed by atoms with E-state index in [0.29, 0.717) is 107 Å². The van der Waals surface area contributed by atoms with Crippen molar-refractivity contribution in [3.63, 3.8) is 0 Å². The predicted molar refractivity (Wildman–Crippen MR) is 238 cm³/mol. The van der Waals surface area contributed by atoms with Gasteiger partial charge in [0.05, 0.1) is 54.6 Å². The molecule has 3 amide bonds. The molecule has 2 aliphatic carbocycles. The van der Waals surface area contributed by atoms with E-state index in [1.165, 1.54) is 6.33 Å². The Morgan fingerprint density at radius 2 is 1.70 bits per heavy atom. The van der Waals surface area contributed by atoms with Crippen molar-refractivity contribution in [1.29, 1.82) is 0 Å². The fourth-order valence-electron chi connectivity index (χ4n) is 9.93. The molecule has 1 saturated heterocycles. The van der Waals surface area contributed by atoms with Crippen molar-refractivity contribution in [3.8, 4) is 40.0 Å². The van der Waals surface area contributed by atoms with Crippen LogP contribution in [0.3, 0.4) is 0 Å². The van der Waals surface area contributed by atoms with E-state index < -0.39 is 17.4 Å². The molecule has 2 saturated carbocycles. The Bertz CT molecular complexity index is 2630. The molecule has 3 aliphatic heterocycles. The first-order chi connectivity index (χ1) is 31.2. The van der Waals surface area contributed by atoms with E-state index in [9.17, 15) is 14.4 Å². The summed E-state index contributed by atoms with van der Waals surface area (Å²) in [5.74, 6) is 2.93. The Morgan fingerprint density at radius 1 is 0.938 bits per heavy atom. The average molecular weight is 868 g/mol. The van der Waals surface area contributed by atoms with Crippen LogP contribution in [0.15, 0.2) is 72.1 Å². The van der Waals surface area contributed by atoms with Gasteiger partial charge < -0.3 is 38.9 Å². The van der Waals surface area contributed by atoms with Crippen LogP contribution in [0.4, 0.5) is 0 Å². The number of rotatable bonds is 13. The molecule has 1 atom stereocenters. The number of aromatic nitrogens is 3. The van der Waals surface area contributed by atoms with Crippen LogP contribution in [0.1, 0.15) is 85.0 Å². The Balaban J connectivity index is 0.902. The number of benzene rings is 3. The van der Waals surface area contributed by atoms with Crippen molar-refractivity contribution in [2.45, 2.75) is 83.2 Å². The maximum absolute atomic E-state index is 14.7. The van der Waals surface area contributed by atoms with Gasteiger partial charge in [0.15, 0.2) is 23.0 Å². The molecule has 332 valence electrons. The highest BCUT2D eigenvalue weighted by Gasteiger charge is 2.49. The molecule has 15 nitrogen and oxygen atoms in total. The highest BCUT2D eigenvalue weighted by molar-refractivity contribution is 6.10. The lowest BCUT2D eigenvalue weighted by molar-refractivity contribution is -0.147. The largest absolute Gasteiger partial charge is 0.493 e. The molecule has 3 fully saturated rings. The molecule has 5 aliphatic rings. The molecule has 5 aromatic rings. The van der Waals surface area contributed by atoms with Crippen LogP contribution in [0, 0.1) is 18.3 Å². The minimum atomic E-state index is -0.879. The van der Waals surface area contributed by atoms with Gasteiger partial charge in [-0.15, -0.1) is 0 Å². The number of nitrogens with zero attached hydrogens (tertiary/aromatic N) is 5. The Morgan fingerprint density at radius 3 is 2.45 bits per heavy atom. The van der Waals surface area contributed by atoms with Crippen LogP contribution < -0.4 is 29.0 Å². The second-order valence-electron chi connectivity index (χ2n) is 17.7. The van der Waals surface area contributed by atoms with Crippen molar-refractivity contribution in [2.24, 2.45) is 16.4 Å². The van der Waals surface area contributed by atoms with Crippen LogP contribution in [0.5, 0.6) is 28.7 Å². The summed E-state index contributed by atoms with van der Waals surface area (Å²) in [4.78, 5) is 58.1. The number of hydrazone groups is 1. The molecule has 2 aromatic heterocycles. The van der Waals surface area contributed by atoms with Gasteiger partial charge in [0.25, 0.3) is 5.91 Å². The smallest absolute Gasteiger partial charge is 0.255 e. The first kappa shape index (κ1) is 41.4. The van der Waals surface area contributed by atoms with Crippen molar-refractivity contribution in [2.75, 3.05) is 40.7 Å². The number of aromatic amines is 1. The number of ether oxygens (including phenoxy) is 5. The number of carbonyl (C=O) groups excluding carboxylic acids is 3. The molecule has 0 unspecified atom stereocenters. The van der Waals surface area contributed by atoms with E-state index in [1.54, 1.807) is 19.2 Å². The summed E-state index contributed by atoms with van der Waals surface area (Å²) in [6, 6.07) is 18.1. The lowest BCUT2D eigenvalue weighted by Gasteiger charge is -2.43. The monoisotopic (exact) mass is 867 g/mol. The van der Waals surface area contributed by atoms with Gasteiger partial charge in [-0.1, -0.05) is 43.2 Å². The summed E-state index contributed by atoms with van der Waals surface area (Å²) in [5, 5.41) is 9.89. The Kier molecular flexibility index (Phi) is 11.1. The summed E-state index contributed by atoms with van der Waals surface area (Å²) in [6.07, 6.45) is 9.31. The fourth-order valence-corrected chi connectivity index (χ4v) is 9.93. The lowest BCUT2D eigenvalue weighted by Crippen LogP contribution is -2.56. The molecule has 3 aromatic carbocycles. The fraction of sp³-hybridized carbons (Fsp3) is 0.429. The minimum Gasteiger partial charge on any atom is -0.493 e. The van der Waals surface area contributed by atoms with Crippen molar-refractivity contribution >= 4 is 34.5 Å². The zero-order valence-corrected chi connectivity index (χ0v) is 36.5. The quantitative estimate of drug-likeness (QED) is 0.126. The van der Waals surface area contributed by atoms with E-state index in [-0.39, 0.29) is 31.1 Å². The third-order valence-corrected chi connectivity index (χ3v) is 13.6. The molecule has 10 rings (SSSR count). The summed E-state index contributed by atoms with van der Waals surface area (Å²) in [7, 11) is 3.22. The predicted octanol–water partition coefficient (Wildman–Crippen LogP) is 7.00. The average Bonchev–Trinajstić information content (AvgIpc) is 3.64. The Hall–Kier alpha value is -6.64. The standard InChI is InChI=1S/C49H53N7O8/c1-29-40(42-44(52-29)43(51-27-50-42)41-37(62-26-31-11-12-31)15-16-38-45(41)64-28-63-38)46(57)53-34(23-30-9-5-4-6-10-30)47(58)55-21-17-33(18-22-55)56-48(59)49(19-7-8-20-49)25-35(54-56)32-13-14-36(60-2)39(24-32)61-3/h4-6,9-10,13-16,24,27,31,33-34,52H,7-8,11-12,17-23,25-26,28H2,1-3H3,(H,53,57)/t34-/m1/s1. The highest BCUT2D eigenvalue weighted by Crippen LogP contribution is 2.49. The third kappa shape index (κ3) is 7.74. The SMILES string of the molecule is COc1ccc(C2=NN(C3CCN(C(=O)[C@@H](Cc4ccccc4)NC(=O)c4c(C)[nH]c5c(-c6c(OCC7CC7)ccc7c6OCO7)ncnc45)CC3)C(=O)C3(CCCC3)C2)cc1OC. The normalized spacial score (nSPS) is 18.6. The van der Waals surface area contributed by atoms with Crippen LogP contribution in [-0.2, 0) is 16.0 Å². The van der Waals surface area contributed by atoms with Crippen LogP contribution >= 0.6 is 0 Å². The number of methoxy groups -OCH3 is 2. The van der Waals surface area contributed by atoms with Gasteiger partial charge in [-0.25, -0.2) is 15.0 Å². The van der Waals surface area contributed by atoms with Crippen LogP contribution in [0.25, 0.3) is 22.3 Å². The zero-order chi connectivity index (χ0) is 44.0. The number of hydrogen-bond acceptors (Lipinski definition) is 11. The van der Waals surface area contributed by atoms with Crippen molar-refractivity contribution in [1.82, 2.24) is 30.2 Å². The third-order valence-electron chi connectivity index (χ3n) is 13.6. The molecule has 64 heavy (non-hydrogen) atoms. The second-order valence-corrected chi connectivity index (χ2v) is 17.7. The van der Waals surface area contributed by atoms with E-state index in [0.717, 1.165) is 55.4 Å². The summed E-state index contributed by atoms with van der Waals surface area (Å²) < 4.78 is 29.1. The van der Waals surface area contributed by atoms with E-state index in [1.807, 2.05) is 72.5 Å². The van der Waals surface area contributed by atoms with E-state index >= 15 is 0 Å². The van der Waals surface area contributed by atoms with Gasteiger partial charge in [0.1, 0.15) is 29.3 Å². The molecule has 2 N–H and O–H groups in total. The molecule has 1 spiro atoms. The lowest BCUT2D eigenvalue weighted by atomic mass is 9.77. The maximum Gasteiger partial charge on any atom is 0.255 e. The van der Waals surface area contributed by atoms with Gasteiger partial charge in [0, 0.05) is 37.2 Å². The second kappa shape index (κ2) is 17.1. The first-order valence-corrected chi connectivity index (χ1v) is 22.4.